The molecular weight excluding hydrogens is 176 g/mol. The van der Waals surface area contributed by atoms with E-state index >= 15 is 0 Å². The van der Waals surface area contributed by atoms with Gasteiger partial charge in [-0.15, -0.1) is 0 Å². The zero-order valence-electron chi connectivity index (χ0n) is 9.16. The molecule has 4 atom stereocenters. The molecule has 0 aromatic rings. The molecule has 2 fully saturated rings. The molecule has 0 aromatic heterocycles. The van der Waals surface area contributed by atoms with Gasteiger partial charge in [0, 0.05) is 18.9 Å². The van der Waals surface area contributed by atoms with E-state index in [9.17, 15) is 4.79 Å². The lowest BCUT2D eigenvalue weighted by Crippen LogP contribution is -2.35. The SMILES string of the molecule is CCOC1C(CC)CC2CC1CC2=O. The second-order valence-electron chi connectivity index (χ2n) is 4.69. The Labute approximate surface area is 86.0 Å². The van der Waals surface area contributed by atoms with E-state index in [-0.39, 0.29) is 0 Å². The quantitative estimate of drug-likeness (QED) is 0.693. The van der Waals surface area contributed by atoms with Crippen LogP contribution in [0.5, 0.6) is 0 Å². The Morgan fingerprint density at radius 2 is 2.14 bits per heavy atom. The average Bonchev–Trinajstić information content (AvgIpc) is 2.48. The predicted octanol–water partition coefficient (Wildman–Crippen LogP) is 2.42. The van der Waals surface area contributed by atoms with Crippen LogP contribution in [0.15, 0.2) is 0 Å². The molecule has 0 heterocycles. The minimum Gasteiger partial charge on any atom is -0.378 e. The van der Waals surface area contributed by atoms with Crippen LogP contribution in [0, 0.1) is 17.8 Å². The van der Waals surface area contributed by atoms with Crippen molar-refractivity contribution in [2.75, 3.05) is 6.61 Å². The Morgan fingerprint density at radius 3 is 2.79 bits per heavy atom. The second-order valence-corrected chi connectivity index (χ2v) is 4.69. The van der Waals surface area contributed by atoms with Crippen LogP contribution in [0.25, 0.3) is 0 Å². The van der Waals surface area contributed by atoms with Gasteiger partial charge in [0.05, 0.1) is 6.10 Å². The minimum atomic E-state index is 0.368. The van der Waals surface area contributed by atoms with E-state index in [1.54, 1.807) is 0 Å². The van der Waals surface area contributed by atoms with Crippen LogP contribution in [0.1, 0.15) is 39.5 Å². The summed E-state index contributed by atoms with van der Waals surface area (Å²) in [5.74, 6) is 2.04. The van der Waals surface area contributed by atoms with Crippen molar-refractivity contribution in [3.63, 3.8) is 0 Å². The molecule has 2 rings (SSSR count). The maximum absolute atomic E-state index is 11.6. The van der Waals surface area contributed by atoms with E-state index in [2.05, 4.69) is 13.8 Å². The summed E-state index contributed by atoms with van der Waals surface area (Å²) < 4.78 is 5.81. The molecule has 0 aliphatic heterocycles. The summed E-state index contributed by atoms with van der Waals surface area (Å²) in [7, 11) is 0. The first-order valence-electron chi connectivity index (χ1n) is 5.90. The summed E-state index contributed by atoms with van der Waals surface area (Å²) in [5.41, 5.74) is 0. The van der Waals surface area contributed by atoms with E-state index < -0.39 is 0 Å². The summed E-state index contributed by atoms with van der Waals surface area (Å²) >= 11 is 0. The van der Waals surface area contributed by atoms with Crippen LogP contribution < -0.4 is 0 Å². The molecule has 2 aliphatic carbocycles. The van der Waals surface area contributed by atoms with Crippen molar-refractivity contribution in [1.82, 2.24) is 0 Å². The van der Waals surface area contributed by atoms with Gasteiger partial charge in [0.25, 0.3) is 0 Å². The van der Waals surface area contributed by atoms with Gasteiger partial charge in [0.2, 0.25) is 0 Å². The first kappa shape index (κ1) is 10.2. The highest BCUT2D eigenvalue weighted by Gasteiger charge is 2.45. The molecule has 0 amide bonds. The number of carbonyl (C=O) groups excluding carboxylic acids is 1. The fourth-order valence-electron chi connectivity index (χ4n) is 3.23. The van der Waals surface area contributed by atoms with Gasteiger partial charge >= 0.3 is 0 Å². The van der Waals surface area contributed by atoms with Crippen molar-refractivity contribution in [3.8, 4) is 0 Å². The number of hydrogen-bond acceptors (Lipinski definition) is 2. The van der Waals surface area contributed by atoms with Crippen LogP contribution in [-0.2, 0) is 9.53 Å². The maximum atomic E-state index is 11.6. The van der Waals surface area contributed by atoms with Crippen molar-refractivity contribution in [3.05, 3.63) is 0 Å². The monoisotopic (exact) mass is 196 g/mol. The molecule has 0 saturated heterocycles. The van der Waals surface area contributed by atoms with E-state index in [0.717, 1.165) is 32.3 Å². The molecule has 2 saturated carbocycles. The van der Waals surface area contributed by atoms with Gasteiger partial charge in [-0.25, -0.2) is 0 Å². The molecule has 0 aromatic carbocycles. The predicted molar refractivity (Wildman–Crippen MR) is 55.0 cm³/mol. The topological polar surface area (TPSA) is 26.3 Å². The van der Waals surface area contributed by atoms with Gasteiger partial charge in [-0.05, 0) is 31.6 Å². The number of ketones is 1. The molecule has 14 heavy (non-hydrogen) atoms. The highest BCUT2D eigenvalue weighted by molar-refractivity contribution is 5.83. The Balaban J connectivity index is 2.09. The molecule has 0 spiro atoms. The first-order chi connectivity index (χ1) is 6.76. The van der Waals surface area contributed by atoms with E-state index in [0.29, 0.717) is 29.6 Å². The third-order valence-corrected chi connectivity index (χ3v) is 3.91. The Hall–Kier alpha value is -0.370. The Morgan fingerprint density at radius 1 is 1.36 bits per heavy atom. The van der Waals surface area contributed by atoms with Crippen molar-refractivity contribution in [2.24, 2.45) is 17.8 Å². The standard InChI is InChI=1S/C12H20O2/c1-3-8-5-9-6-10(7-11(9)13)12(8)14-4-2/h8-10,12H,3-7H2,1-2H3. The van der Waals surface area contributed by atoms with Gasteiger partial charge in [0.1, 0.15) is 5.78 Å². The highest BCUT2D eigenvalue weighted by Crippen LogP contribution is 2.45. The van der Waals surface area contributed by atoms with Gasteiger partial charge in [-0.3, -0.25) is 4.79 Å². The van der Waals surface area contributed by atoms with Crippen molar-refractivity contribution in [1.29, 1.82) is 0 Å². The smallest absolute Gasteiger partial charge is 0.136 e. The molecule has 0 radical (unpaired) electrons. The number of hydrogen-bond donors (Lipinski definition) is 0. The third kappa shape index (κ3) is 1.60. The summed E-state index contributed by atoms with van der Waals surface area (Å²) in [6.45, 7) is 5.05. The summed E-state index contributed by atoms with van der Waals surface area (Å²) in [5, 5.41) is 0. The number of Topliss-reactive ketones (excluding diaryl/α,β-unsaturated/α-hetero) is 1. The number of ether oxygens (including phenoxy) is 1. The Kier molecular flexibility index (Phi) is 2.91. The van der Waals surface area contributed by atoms with Crippen LogP contribution in [0.2, 0.25) is 0 Å². The average molecular weight is 196 g/mol. The van der Waals surface area contributed by atoms with Gasteiger partial charge in [-0.1, -0.05) is 13.3 Å². The van der Waals surface area contributed by atoms with E-state index in [1.165, 1.54) is 0 Å². The fourth-order valence-corrected chi connectivity index (χ4v) is 3.23. The summed E-state index contributed by atoms with van der Waals surface area (Å²) in [6.07, 6.45) is 4.49. The fraction of sp³-hybridized carbons (Fsp3) is 0.917. The van der Waals surface area contributed by atoms with Gasteiger partial charge < -0.3 is 4.74 Å². The van der Waals surface area contributed by atoms with Crippen molar-refractivity contribution in [2.45, 2.75) is 45.6 Å². The summed E-state index contributed by atoms with van der Waals surface area (Å²) in [4.78, 5) is 11.6. The van der Waals surface area contributed by atoms with E-state index in [1.807, 2.05) is 0 Å². The maximum Gasteiger partial charge on any atom is 0.136 e. The largest absolute Gasteiger partial charge is 0.378 e. The molecule has 2 heteroatoms. The van der Waals surface area contributed by atoms with Crippen molar-refractivity contribution < 1.29 is 9.53 Å². The molecule has 0 N–H and O–H groups in total. The van der Waals surface area contributed by atoms with Gasteiger partial charge in [0.15, 0.2) is 0 Å². The first-order valence-corrected chi connectivity index (χ1v) is 5.90. The molecule has 80 valence electrons. The minimum absolute atomic E-state index is 0.368. The molecule has 2 nitrogen and oxygen atoms in total. The zero-order chi connectivity index (χ0) is 10.1. The lowest BCUT2D eigenvalue weighted by molar-refractivity contribution is -0.120. The molecule has 2 bridgehead atoms. The zero-order valence-corrected chi connectivity index (χ0v) is 9.16. The number of fused-ring (bicyclic) bond motifs is 2. The Bertz CT molecular complexity index is 224. The van der Waals surface area contributed by atoms with E-state index in [4.69, 9.17) is 4.74 Å². The normalized spacial score (nSPS) is 41.7. The number of rotatable bonds is 3. The molecular formula is C12H20O2. The second kappa shape index (κ2) is 4.01. The van der Waals surface area contributed by atoms with Crippen LogP contribution in [0.3, 0.4) is 0 Å². The van der Waals surface area contributed by atoms with Crippen LogP contribution >= 0.6 is 0 Å². The summed E-state index contributed by atoms with van der Waals surface area (Å²) in [6, 6.07) is 0. The third-order valence-electron chi connectivity index (χ3n) is 3.91. The van der Waals surface area contributed by atoms with Gasteiger partial charge in [-0.2, -0.15) is 0 Å². The number of carbonyl (C=O) groups is 1. The van der Waals surface area contributed by atoms with Crippen molar-refractivity contribution >= 4 is 5.78 Å². The molecule has 4 unspecified atom stereocenters. The van der Waals surface area contributed by atoms with Crippen LogP contribution in [0.4, 0.5) is 0 Å². The van der Waals surface area contributed by atoms with Crippen LogP contribution in [-0.4, -0.2) is 18.5 Å². The lowest BCUT2D eigenvalue weighted by atomic mass is 9.77. The lowest BCUT2D eigenvalue weighted by Gasteiger charge is -2.35. The highest BCUT2D eigenvalue weighted by atomic mass is 16.5. The molecule has 2 aliphatic rings.